The highest BCUT2D eigenvalue weighted by atomic mass is 32.1. The van der Waals surface area contributed by atoms with Gasteiger partial charge in [-0.3, -0.25) is 15.5 Å². The summed E-state index contributed by atoms with van der Waals surface area (Å²) in [5, 5.41) is 8.23. The molecule has 1 aliphatic rings. The number of anilines is 2. The molecule has 0 atom stereocenters. The molecule has 0 bridgehead atoms. The van der Waals surface area contributed by atoms with Crippen molar-refractivity contribution in [2.75, 3.05) is 30.8 Å². The van der Waals surface area contributed by atoms with Crippen molar-refractivity contribution in [1.82, 2.24) is 14.9 Å². The molecule has 7 nitrogen and oxygen atoms in total. The second-order valence-electron chi connectivity index (χ2n) is 7.20. The SMILES string of the molecule is COc1ccc(-c2nc(NC(=O)Nc3cccc(CN4CCCCC4)n3)cs2)cc1. The van der Waals surface area contributed by atoms with E-state index in [0.717, 1.165) is 41.6 Å². The lowest BCUT2D eigenvalue weighted by molar-refractivity contribution is 0.218. The Hall–Kier alpha value is -2.97. The van der Waals surface area contributed by atoms with Crippen LogP contribution in [0.25, 0.3) is 10.6 Å². The predicted molar refractivity (Wildman–Crippen MR) is 120 cm³/mol. The van der Waals surface area contributed by atoms with Gasteiger partial charge in [0.1, 0.15) is 22.4 Å². The van der Waals surface area contributed by atoms with Crippen LogP contribution >= 0.6 is 11.3 Å². The number of methoxy groups -OCH3 is 1. The van der Waals surface area contributed by atoms with Crippen molar-refractivity contribution in [1.29, 1.82) is 0 Å². The lowest BCUT2D eigenvalue weighted by Gasteiger charge is -2.26. The molecule has 1 saturated heterocycles. The lowest BCUT2D eigenvalue weighted by Crippen LogP contribution is -2.29. The molecule has 0 unspecified atom stereocenters. The predicted octanol–water partition coefficient (Wildman–Crippen LogP) is 4.84. The standard InChI is InChI=1S/C22H25N5O2S/c1-29-18-10-8-16(9-11-18)21-24-20(15-30-21)26-22(28)25-19-7-5-6-17(23-19)14-27-12-3-2-4-13-27/h5-11,15H,2-4,12-14H2,1H3,(H2,23,25,26,28). The number of piperidine rings is 1. The van der Waals surface area contributed by atoms with Gasteiger partial charge in [-0.15, -0.1) is 11.3 Å². The van der Waals surface area contributed by atoms with Gasteiger partial charge >= 0.3 is 6.03 Å². The maximum atomic E-state index is 12.4. The zero-order chi connectivity index (χ0) is 20.8. The van der Waals surface area contributed by atoms with Gasteiger partial charge in [-0.2, -0.15) is 0 Å². The molecule has 3 heterocycles. The summed E-state index contributed by atoms with van der Waals surface area (Å²) in [7, 11) is 1.64. The minimum atomic E-state index is -0.357. The number of urea groups is 1. The Bertz CT molecular complexity index is 983. The summed E-state index contributed by atoms with van der Waals surface area (Å²) in [4.78, 5) is 23.9. The summed E-state index contributed by atoms with van der Waals surface area (Å²) in [6, 6.07) is 13.0. The largest absolute Gasteiger partial charge is 0.497 e. The normalized spacial score (nSPS) is 14.3. The van der Waals surface area contributed by atoms with Crippen molar-refractivity contribution in [3.05, 3.63) is 53.5 Å². The zero-order valence-electron chi connectivity index (χ0n) is 16.9. The minimum Gasteiger partial charge on any atom is -0.497 e. The zero-order valence-corrected chi connectivity index (χ0v) is 17.7. The number of nitrogens with one attached hydrogen (secondary N) is 2. The number of hydrogen-bond acceptors (Lipinski definition) is 6. The topological polar surface area (TPSA) is 79.4 Å². The average molecular weight is 424 g/mol. The van der Waals surface area contributed by atoms with Gasteiger partial charge in [0.15, 0.2) is 0 Å². The molecule has 0 saturated carbocycles. The number of benzene rings is 1. The monoisotopic (exact) mass is 423 g/mol. The Labute approximate surface area is 180 Å². The highest BCUT2D eigenvalue weighted by Gasteiger charge is 2.12. The van der Waals surface area contributed by atoms with E-state index >= 15 is 0 Å². The van der Waals surface area contributed by atoms with E-state index in [1.165, 1.54) is 30.6 Å². The fraction of sp³-hybridized carbons (Fsp3) is 0.318. The number of pyridine rings is 1. The summed E-state index contributed by atoms with van der Waals surface area (Å²) < 4.78 is 5.18. The molecule has 1 aromatic carbocycles. The number of ether oxygens (including phenoxy) is 1. The molecule has 2 amide bonds. The van der Waals surface area contributed by atoms with Gasteiger partial charge in [0.25, 0.3) is 0 Å². The van der Waals surface area contributed by atoms with Gasteiger partial charge in [0.05, 0.1) is 12.8 Å². The molecule has 0 radical (unpaired) electrons. The second-order valence-corrected chi connectivity index (χ2v) is 8.05. The molecule has 8 heteroatoms. The van der Waals surface area contributed by atoms with Gasteiger partial charge in [0.2, 0.25) is 0 Å². The van der Waals surface area contributed by atoms with Crippen molar-refractivity contribution in [2.45, 2.75) is 25.8 Å². The van der Waals surface area contributed by atoms with Crippen LogP contribution in [0.3, 0.4) is 0 Å². The molecule has 30 heavy (non-hydrogen) atoms. The number of carbonyl (C=O) groups is 1. The number of amides is 2. The van der Waals surface area contributed by atoms with Crippen LogP contribution in [-0.4, -0.2) is 41.1 Å². The van der Waals surface area contributed by atoms with Crippen LogP contribution in [-0.2, 0) is 6.54 Å². The smallest absolute Gasteiger partial charge is 0.326 e. The number of carbonyl (C=O) groups excluding carboxylic acids is 1. The Morgan fingerprint density at radius 1 is 1.03 bits per heavy atom. The van der Waals surface area contributed by atoms with E-state index in [-0.39, 0.29) is 6.03 Å². The van der Waals surface area contributed by atoms with Crippen molar-refractivity contribution in [3.63, 3.8) is 0 Å². The number of aromatic nitrogens is 2. The molecule has 0 spiro atoms. The maximum absolute atomic E-state index is 12.4. The maximum Gasteiger partial charge on any atom is 0.326 e. The third-order valence-electron chi connectivity index (χ3n) is 4.97. The molecule has 2 N–H and O–H groups in total. The number of thiazole rings is 1. The van der Waals surface area contributed by atoms with E-state index in [1.54, 1.807) is 13.2 Å². The fourth-order valence-electron chi connectivity index (χ4n) is 3.45. The van der Waals surface area contributed by atoms with E-state index in [2.05, 4.69) is 25.5 Å². The first-order valence-corrected chi connectivity index (χ1v) is 10.9. The minimum absolute atomic E-state index is 0.357. The van der Waals surface area contributed by atoms with Gasteiger partial charge in [0, 0.05) is 17.5 Å². The first kappa shape index (κ1) is 20.3. The van der Waals surface area contributed by atoms with Crippen molar-refractivity contribution in [2.24, 2.45) is 0 Å². The van der Waals surface area contributed by atoms with E-state index in [4.69, 9.17) is 4.74 Å². The van der Waals surface area contributed by atoms with Crippen LogP contribution in [0.4, 0.5) is 16.4 Å². The lowest BCUT2D eigenvalue weighted by atomic mass is 10.1. The van der Waals surface area contributed by atoms with Gasteiger partial charge in [-0.1, -0.05) is 12.5 Å². The van der Waals surface area contributed by atoms with Crippen molar-refractivity contribution in [3.8, 4) is 16.3 Å². The molecule has 4 rings (SSSR count). The number of likely N-dealkylation sites (tertiary alicyclic amines) is 1. The molecule has 1 fully saturated rings. The van der Waals surface area contributed by atoms with Crippen LogP contribution in [0.2, 0.25) is 0 Å². The second kappa shape index (κ2) is 9.69. The first-order valence-electron chi connectivity index (χ1n) is 10.1. The Kier molecular flexibility index (Phi) is 6.56. The van der Waals surface area contributed by atoms with Gasteiger partial charge < -0.3 is 4.74 Å². The Morgan fingerprint density at radius 3 is 2.57 bits per heavy atom. The summed E-state index contributed by atoms with van der Waals surface area (Å²) in [6.45, 7) is 3.04. The van der Waals surface area contributed by atoms with E-state index in [1.807, 2.05) is 41.8 Å². The third-order valence-corrected chi connectivity index (χ3v) is 5.86. The van der Waals surface area contributed by atoms with Crippen LogP contribution < -0.4 is 15.4 Å². The van der Waals surface area contributed by atoms with Crippen LogP contribution in [0.15, 0.2) is 47.8 Å². The highest BCUT2D eigenvalue weighted by Crippen LogP contribution is 2.27. The quantitative estimate of drug-likeness (QED) is 0.593. The summed E-state index contributed by atoms with van der Waals surface area (Å²) in [6.07, 6.45) is 3.79. The van der Waals surface area contributed by atoms with Crippen LogP contribution in [0.1, 0.15) is 25.0 Å². The molecular weight excluding hydrogens is 398 g/mol. The molecule has 3 aromatic rings. The number of rotatable bonds is 6. The summed E-state index contributed by atoms with van der Waals surface area (Å²) >= 11 is 1.47. The van der Waals surface area contributed by atoms with Gasteiger partial charge in [-0.25, -0.2) is 14.8 Å². The molecule has 1 aliphatic heterocycles. The van der Waals surface area contributed by atoms with Crippen LogP contribution in [0, 0.1) is 0 Å². The van der Waals surface area contributed by atoms with E-state index in [9.17, 15) is 4.79 Å². The number of hydrogen-bond donors (Lipinski definition) is 2. The third kappa shape index (κ3) is 5.34. The molecular formula is C22H25N5O2S. The Morgan fingerprint density at radius 2 is 1.80 bits per heavy atom. The fourth-order valence-corrected chi connectivity index (χ4v) is 4.20. The number of nitrogens with zero attached hydrogens (tertiary/aromatic N) is 3. The average Bonchev–Trinajstić information content (AvgIpc) is 3.23. The van der Waals surface area contributed by atoms with Gasteiger partial charge in [-0.05, 0) is 62.3 Å². The molecule has 156 valence electrons. The Balaban J connectivity index is 1.34. The summed E-state index contributed by atoms with van der Waals surface area (Å²) in [5.74, 6) is 1.84. The van der Waals surface area contributed by atoms with Crippen molar-refractivity contribution < 1.29 is 9.53 Å². The highest BCUT2D eigenvalue weighted by molar-refractivity contribution is 7.13. The molecule has 0 aliphatic carbocycles. The van der Waals surface area contributed by atoms with E-state index in [0.29, 0.717) is 11.6 Å². The van der Waals surface area contributed by atoms with Crippen LogP contribution in [0.5, 0.6) is 5.75 Å². The van der Waals surface area contributed by atoms with E-state index < -0.39 is 0 Å². The first-order chi connectivity index (χ1) is 14.7. The summed E-state index contributed by atoms with van der Waals surface area (Å²) in [5.41, 5.74) is 1.94. The van der Waals surface area contributed by atoms with Crippen molar-refractivity contribution >= 4 is 29.0 Å². The molecule has 2 aromatic heterocycles.